The maximum Gasteiger partial charge on any atom is 0.233 e. The molecule has 0 bridgehead atoms. The highest BCUT2D eigenvalue weighted by Crippen LogP contribution is 2.31. The number of anilines is 1. The van der Waals surface area contributed by atoms with E-state index < -0.39 is 0 Å². The molecule has 2 rings (SSSR count). The van der Waals surface area contributed by atoms with Crippen LogP contribution in [-0.4, -0.2) is 16.0 Å². The van der Waals surface area contributed by atoms with Gasteiger partial charge in [0, 0.05) is 12.2 Å². The summed E-state index contributed by atoms with van der Waals surface area (Å²) in [6.45, 7) is 0. The van der Waals surface area contributed by atoms with E-state index in [1.807, 2.05) is 0 Å². The van der Waals surface area contributed by atoms with Gasteiger partial charge in [-0.05, 0) is 18.2 Å². The Bertz CT molecular complexity index is 448. The lowest BCUT2D eigenvalue weighted by Gasteiger charge is -2.26. The van der Waals surface area contributed by atoms with E-state index in [0.717, 1.165) is 5.75 Å². The van der Waals surface area contributed by atoms with E-state index >= 15 is 0 Å². The molecule has 1 aliphatic rings. The van der Waals surface area contributed by atoms with Crippen molar-refractivity contribution >= 4 is 63.1 Å². The highest BCUT2D eigenvalue weighted by molar-refractivity contribution is 8.23. The van der Waals surface area contributed by atoms with E-state index in [2.05, 4.69) is 0 Å². The molecule has 0 aliphatic carbocycles. The topological polar surface area (TPSA) is 20.3 Å². The Labute approximate surface area is 113 Å². The van der Waals surface area contributed by atoms with Crippen molar-refractivity contribution in [2.24, 2.45) is 0 Å². The molecule has 1 heterocycles. The second-order valence-corrected chi connectivity index (χ2v) is 5.74. The van der Waals surface area contributed by atoms with Crippen LogP contribution >= 0.6 is 47.2 Å². The fourth-order valence-corrected chi connectivity index (χ4v) is 2.91. The van der Waals surface area contributed by atoms with Crippen LogP contribution < -0.4 is 4.90 Å². The van der Waals surface area contributed by atoms with Gasteiger partial charge in [-0.25, -0.2) is 0 Å². The van der Waals surface area contributed by atoms with Gasteiger partial charge in [0.1, 0.15) is 4.32 Å². The molecule has 1 aliphatic heterocycles. The second kappa shape index (κ2) is 4.92. The summed E-state index contributed by atoms with van der Waals surface area (Å²) in [6, 6.07) is 5.05. The Kier molecular flexibility index (Phi) is 3.74. The molecule has 84 valence electrons. The molecule has 0 atom stereocenters. The van der Waals surface area contributed by atoms with Gasteiger partial charge in [0.15, 0.2) is 0 Å². The molecule has 0 radical (unpaired) electrons. The predicted molar refractivity (Wildman–Crippen MR) is 73.6 cm³/mol. The lowest BCUT2D eigenvalue weighted by atomic mass is 10.3. The van der Waals surface area contributed by atoms with Gasteiger partial charge in [0.05, 0.1) is 15.7 Å². The zero-order valence-electron chi connectivity index (χ0n) is 8.07. The van der Waals surface area contributed by atoms with Crippen molar-refractivity contribution < 1.29 is 4.79 Å². The molecule has 2 nitrogen and oxygen atoms in total. The van der Waals surface area contributed by atoms with Crippen LogP contribution in [-0.2, 0) is 4.79 Å². The molecular weight excluding hydrogens is 285 g/mol. The summed E-state index contributed by atoms with van der Waals surface area (Å²) in [5.74, 6) is 0.748. The van der Waals surface area contributed by atoms with Gasteiger partial charge in [0.2, 0.25) is 5.91 Å². The van der Waals surface area contributed by atoms with Gasteiger partial charge >= 0.3 is 0 Å². The summed E-state index contributed by atoms with van der Waals surface area (Å²) in [5, 5.41) is 0.888. The van der Waals surface area contributed by atoms with Crippen molar-refractivity contribution in [2.75, 3.05) is 10.7 Å². The Balaban J connectivity index is 2.38. The SMILES string of the molecule is O=C1CCSC(=S)N1c1ccc(Cl)c(Cl)c1. The minimum absolute atomic E-state index is 0.00198. The zero-order chi connectivity index (χ0) is 11.7. The molecule has 6 heteroatoms. The number of hydrogen-bond acceptors (Lipinski definition) is 3. The third-order valence-electron chi connectivity index (χ3n) is 2.13. The molecule has 1 aromatic carbocycles. The number of halogens is 2. The van der Waals surface area contributed by atoms with E-state index in [1.54, 1.807) is 18.2 Å². The normalized spacial score (nSPS) is 16.8. The van der Waals surface area contributed by atoms with Crippen LogP contribution in [0.3, 0.4) is 0 Å². The van der Waals surface area contributed by atoms with Gasteiger partial charge in [-0.15, -0.1) is 0 Å². The van der Waals surface area contributed by atoms with Crippen LogP contribution in [0.5, 0.6) is 0 Å². The predicted octanol–water partition coefficient (Wildman–Crippen LogP) is 3.75. The Morgan fingerprint density at radius 1 is 1.31 bits per heavy atom. The molecule has 0 N–H and O–H groups in total. The third-order valence-corrected chi connectivity index (χ3v) is 4.25. The summed E-state index contributed by atoms with van der Waals surface area (Å²) >= 11 is 18.4. The first kappa shape index (κ1) is 12.2. The standard InChI is InChI=1S/C10H7Cl2NOS2/c11-7-2-1-6(5-8(7)12)13-9(14)3-4-16-10(13)15/h1-2,5H,3-4H2. The van der Waals surface area contributed by atoms with E-state index in [1.165, 1.54) is 16.7 Å². The minimum Gasteiger partial charge on any atom is -0.274 e. The van der Waals surface area contributed by atoms with Crippen molar-refractivity contribution in [1.82, 2.24) is 0 Å². The van der Waals surface area contributed by atoms with E-state index in [0.29, 0.717) is 26.5 Å². The quantitative estimate of drug-likeness (QED) is 0.735. The Hall–Kier alpha value is -0.290. The molecule has 0 spiro atoms. The van der Waals surface area contributed by atoms with Crippen LogP contribution in [0.1, 0.15) is 6.42 Å². The van der Waals surface area contributed by atoms with Crippen molar-refractivity contribution in [3.05, 3.63) is 28.2 Å². The average Bonchev–Trinajstić information content (AvgIpc) is 2.23. The van der Waals surface area contributed by atoms with Crippen molar-refractivity contribution in [3.8, 4) is 0 Å². The largest absolute Gasteiger partial charge is 0.274 e. The number of amides is 1. The molecule has 0 aromatic heterocycles. The first-order chi connectivity index (χ1) is 7.59. The lowest BCUT2D eigenvalue weighted by Crippen LogP contribution is -2.37. The number of carbonyl (C=O) groups excluding carboxylic acids is 1. The second-order valence-electron chi connectivity index (χ2n) is 3.19. The first-order valence-corrected chi connectivity index (χ1v) is 6.69. The molecular formula is C10H7Cl2NOS2. The summed E-state index contributed by atoms with van der Waals surface area (Å²) in [6.07, 6.45) is 0.491. The minimum atomic E-state index is 0.00198. The van der Waals surface area contributed by atoms with Crippen molar-refractivity contribution in [2.45, 2.75) is 6.42 Å². The molecule has 1 amide bonds. The van der Waals surface area contributed by atoms with Crippen LogP contribution in [0.4, 0.5) is 5.69 Å². The van der Waals surface area contributed by atoms with Gasteiger partial charge in [0.25, 0.3) is 0 Å². The summed E-state index contributed by atoms with van der Waals surface area (Å²) in [5.41, 5.74) is 0.677. The fraction of sp³-hybridized carbons (Fsp3) is 0.200. The number of thioether (sulfide) groups is 1. The zero-order valence-corrected chi connectivity index (χ0v) is 11.2. The smallest absolute Gasteiger partial charge is 0.233 e. The number of thiocarbonyl (C=S) groups is 1. The van der Waals surface area contributed by atoms with Crippen LogP contribution in [0, 0.1) is 0 Å². The van der Waals surface area contributed by atoms with Gasteiger partial charge in [-0.2, -0.15) is 0 Å². The average molecular weight is 292 g/mol. The Morgan fingerprint density at radius 2 is 2.06 bits per heavy atom. The number of hydrogen-bond donors (Lipinski definition) is 0. The van der Waals surface area contributed by atoms with Crippen LogP contribution in [0.15, 0.2) is 18.2 Å². The van der Waals surface area contributed by atoms with Crippen LogP contribution in [0.25, 0.3) is 0 Å². The van der Waals surface area contributed by atoms with Crippen molar-refractivity contribution in [1.29, 1.82) is 0 Å². The number of nitrogens with zero attached hydrogens (tertiary/aromatic N) is 1. The Morgan fingerprint density at radius 3 is 2.69 bits per heavy atom. The molecule has 0 saturated carbocycles. The van der Waals surface area contributed by atoms with Gasteiger partial charge in [-0.1, -0.05) is 47.2 Å². The first-order valence-electron chi connectivity index (χ1n) is 4.54. The number of benzene rings is 1. The highest BCUT2D eigenvalue weighted by Gasteiger charge is 2.25. The summed E-state index contributed by atoms with van der Waals surface area (Å²) in [7, 11) is 0. The van der Waals surface area contributed by atoms with E-state index in [-0.39, 0.29) is 5.91 Å². The van der Waals surface area contributed by atoms with Crippen molar-refractivity contribution in [3.63, 3.8) is 0 Å². The highest BCUT2D eigenvalue weighted by atomic mass is 35.5. The maximum absolute atomic E-state index is 11.8. The number of rotatable bonds is 1. The summed E-state index contributed by atoms with van der Waals surface area (Å²) in [4.78, 5) is 13.3. The lowest BCUT2D eigenvalue weighted by molar-refractivity contribution is -0.117. The van der Waals surface area contributed by atoms with E-state index in [4.69, 9.17) is 35.4 Å². The monoisotopic (exact) mass is 291 g/mol. The molecule has 1 aromatic rings. The van der Waals surface area contributed by atoms with Gasteiger partial charge < -0.3 is 0 Å². The maximum atomic E-state index is 11.8. The van der Waals surface area contributed by atoms with E-state index in [9.17, 15) is 4.79 Å². The third kappa shape index (κ3) is 2.35. The van der Waals surface area contributed by atoms with Crippen LogP contribution in [0.2, 0.25) is 10.0 Å². The fourth-order valence-electron chi connectivity index (χ4n) is 1.38. The molecule has 1 saturated heterocycles. The molecule has 16 heavy (non-hydrogen) atoms. The number of carbonyl (C=O) groups is 1. The molecule has 0 unspecified atom stereocenters. The molecule has 1 fully saturated rings. The summed E-state index contributed by atoms with van der Waals surface area (Å²) < 4.78 is 0.564. The van der Waals surface area contributed by atoms with Gasteiger partial charge in [-0.3, -0.25) is 9.69 Å².